The molecule has 0 radical (unpaired) electrons. The first-order valence-corrected chi connectivity index (χ1v) is 8.50. The van der Waals surface area contributed by atoms with E-state index in [2.05, 4.69) is 10.4 Å². The van der Waals surface area contributed by atoms with Crippen molar-refractivity contribution in [3.8, 4) is 5.69 Å². The Bertz CT molecular complexity index is 749. The minimum atomic E-state index is -0.280. The Hall–Kier alpha value is -1.92. The predicted octanol–water partition coefficient (Wildman–Crippen LogP) is 2.29. The van der Waals surface area contributed by atoms with E-state index in [9.17, 15) is 9.18 Å². The maximum Gasteiger partial charge on any atom is 0.257 e. The summed E-state index contributed by atoms with van der Waals surface area (Å²) in [6, 6.07) is 6.18. The Morgan fingerprint density at radius 2 is 1.88 bits per heavy atom. The Balaban J connectivity index is 0.00000182. The van der Waals surface area contributed by atoms with Gasteiger partial charge in [0, 0.05) is 26.2 Å². The summed E-state index contributed by atoms with van der Waals surface area (Å²) in [5.41, 5.74) is 2.31. The summed E-state index contributed by atoms with van der Waals surface area (Å²) in [6.45, 7) is 5.66. The van der Waals surface area contributed by atoms with Crippen molar-refractivity contribution in [2.45, 2.75) is 13.3 Å². The molecule has 134 valence electrons. The van der Waals surface area contributed by atoms with Crippen LogP contribution in [0.15, 0.2) is 30.5 Å². The van der Waals surface area contributed by atoms with Crippen molar-refractivity contribution in [1.29, 1.82) is 0 Å². The highest BCUT2D eigenvalue weighted by atomic mass is 35.5. The van der Waals surface area contributed by atoms with Gasteiger partial charge in [-0.05, 0) is 42.5 Å². The average molecular weight is 365 g/mol. The molecule has 2 saturated heterocycles. The van der Waals surface area contributed by atoms with Crippen LogP contribution in [0.25, 0.3) is 5.69 Å². The van der Waals surface area contributed by atoms with Gasteiger partial charge in [-0.15, -0.1) is 12.4 Å². The van der Waals surface area contributed by atoms with Gasteiger partial charge >= 0.3 is 0 Å². The van der Waals surface area contributed by atoms with Crippen LogP contribution in [0.4, 0.5) is 4.39 Å². The maximum atomic E-state index is 13.1. The van der Waals surface area contributed by atoms with Crippen molar-refractivity contribution in [3.05, 3.63) is 47.5 Å². The monoisotopic (exact) mass is 364 g/mol. The Morgan fingerprint density at radius 3 is 2.48 bits per heavy atom. The van der Waals surface area contributed by atoms with Crippen LogP contribution in [0.5, 0.6) is 0 Å². The lowest BCUT2D eigenvalue weighted by molar-refractivity contribution is 0.0780. The lowest BCUT2D eigenvalue weighted by Gasteiger charge is -2.17. The first-order valence-electron chi connectivity index (χ1n) is 8.50. The van der Waals surface area contributed by atoms with E-state index in [0.29, 0.717) is 23.8 Å². The maximum absolute atomic E-state index is 13.1. The van der Waals surface area contributed by atoms with E-state index in [-0.39, 0.29) is 24.1 Å². The standard InChI is InChI=1S/C18H21FN4O.ClH/c1-2-17-16(9-21-23(17)15-5-3-14(19)4-6-15)18(24)22-10-12-7-20-8-13(12)11-22;/h3-6,9,12-13,20H,2,7-8,10-11H2,1H3;1H/t12-,13+;. The summed E-state index contributed by atoms with van der Waals surface area (Å²) < 4.78 is 14.9. The molecule has 0 bridgehead atoms. The minimum absolute atomic E-state index is 0. The number of nitrogens with zero attached hydrogens (tertiary/aromatic N) is 3. The third kappa shape index (κ3) is 3.16. The summed E-state index contributed by atoms with van der Waals surface area (Å²) >= 11 is 0. The number of nitrogens with one attached hydrogen (secondary N) is 1. The molecule has 2 atom stereocenters. The van der Waals surface area contributed by atoms with E-state index in [1.165, 1.54) is 12.1 Å². The molecule has 2 aromatic rings. The molecule has 4 rings (SSSR count). The highest BCUT2D eigenvalue weighted by Gasteiger charge is 2.39. The zero-order valence-corrected chi connectivity index (χ0v) is 14.9. The molecule has 0 spiro atoms. The molecule has 0 saturated carbocycles. The van der Waals surface area contributed by atoms with Gasteiger partial charge in [-0.25, -0.2) is 9.07 Å². The number of aromatic nitrogens is 2. The number of rotatable bonds is 3. The van der Waals surface area contributed by atoms with E-state index in [1.807, 2.05) is 11.8 Å². The lowest BCUT2D eigenvalue weighted by Crippen LogP contribution is -2.32. The van der Waals surface area contributed by atoms with Crippen molar-refractivity contribution in [2.75, 3.05) is 26.2 Å². The van der Waals surface area contributed by atoms with Crippen LogP contribution in [0.1, 0.15) is 23.0 Å². The second kappa shape index (κ2) is 7.14. The van der Waals surface area contributed by atoms with E-state index in [0.717, 1.165) is 37.6 Å². The van der Waals surface area contributed by atoms with Gasteiger partial charge in [0.2, 0.25) is 0 Å². The zero-order chi connectivity index (χ0) is 16.7. The molecule has 0 aliphatic carbocycles. The van der Waals surface area contributed by atoms with Crippen molar-refractivity contribution in [2.24, 2.45) is 11.8 Å². The van der Waals surface area contributed by atoms with Gasteiger partial charge in [0.05, 0.1) is 23.1 Å². The quantitative estimate of drug-likeness (QED) is 0.909. The van der Waals surface area contributed by atoms with Gasteiger partial charge in [0.25, 0.3) is 5.91 Å². The van der Waals surface area contributed by atoms with Crippen LogP contribution in [0.3, 0.4) is 0 Å². The van der Waals surface area contributed by atoms with Crippen LogP contribution in [-0.2, 0) is 6.42 Å². The third-order valence-electron chi connectivity index (χ3n) is 5.18. The van der Waals surface area contributed by atoms with Crippen LogP contribution in [0, 0.1) is 17.7 Å². The summed E-state index contributed by atoms with van der Waals surface area (Å²) in [4.78, 5) is 14.9. The average Bonchev–Trinajstić information content (AvgIpc) is 3.28. The number of benzene rings is 1. The van der Waals surface area contributed by atoms with Gasteiger partial charge in [-0.2, -0.15) is 5.10 Å². The molecule has 0 unspecified atom stereocenters. The van der Waals surface area contributed by atoms with E-state index in [4.69, 9.17) is 0 Å². The van der Waals surface area contributed by atoms with Crippen LogP contribution < -0.4 is 5.32 Å². The molecule has 3 heterocycles. The number of carbonyl (C=O) groups is 1. The fourth-order valence-corrected chi connectivity index (χ4v) is 3.89. The molecule has 1 amide bonds. The van der Waals surface area contributed by atoms with Gasteiger partial charge in [-0.3, -0.25) is 4.79 Å². The lowest BCUT2D eigenvalue weighted by atomic mass is 10.0. The molecule has 2 fully saturated rings. The van der Waals surface area contributed by atoms with E-state index >= 15 is 0 Å². The number of carbonyl (C=O) groups excluding carboxylic acids is 1. The predicted molar refractivity (Wildman–Crippen MR) is 95.9 cm³/mol. The first kappa shape index (κ1) is 17.9. The molecular formula is C18H22ClFN4O. The molecule has 25 heavy (non-hydrogen) atoms. The summed E-state index contributed by atoms with van der Waals surface area (Å²) in [6.07, 6.45) is 2.34. The number of hydrogen-bond acceptors (Lipinski definition) is 3. The van der Waals surface area contributed by atoms with Crippen molar-refractivity contribution >= 4 is 18.3 Å². The second-order valence-corrected chi connectivity index (χ2v) is 6.64. The Kier molecular flexibility index (Phi) is 5.11. The molecule has 1 aromatic heterocycles. The number of hydrogen-bond donors (Lipinski definition) is 1. The van der Waals surface area contributed by atoms with E-state index in [1.54, 1.807) is 23.0 Å². The molecule has 5 nitrogen and oxygen atoms in total. The van der Waals surface area contributed by atoms with Crippen LogP contribution in [-0.4, -0.2) is 46.8 Å². The third-order valence-corrected chi connectivity index (χ3v) is 5.18. The van der Waals surface area contributed by atoms with Gasteiger partial charge in [-0.1, -0.05) is 6.92 Å². The summed E-state index contributed by atoms with van der Waals surface area (Å²) in [5, 5.41) is 7.78. The van der Waals surface area contributed by atoms with Crippen LogP contribution in [0.2, 0.25) is 0 Å². The van der Waals surface area contributed by atoms with Gasteiger partial charge in [0.1, 0.15) is 5.82 Å². The fourth-order valence-electron chi connectivity index (χ4n) is 3.89. The molecule has 2 aliphatic heterocycles. The largest absolute Gasteiger partial charge is 0.338 e. The first-order chi connectivity index (χ1) is 11.7. The number of halogens is 2. The summed E-state index contributed by atoms with van der Waals surface area (Å²) in [7, 11) is 0. The fraction of sp³-hybridized carbons (Fsp3) is 0.444. The molecular weight excluding hydrogens is 343 g/mol. The molecule has 1 N–H and O–H groups in total. The Labute approximate surface area is 152 Å². The highest BCUT2D eigenvalue weighted by Crippen LogP contribution is 2.28. The van der Waals surface area contributed by atoms with E-state index < -0.39 is 0 Å². The number of amides is 1. The smallest absolute Gasteiger partial charge is 0.257 e. The Morgan fingerprint density at radius 1 is 1.24 bits per heavy atom. The minimum Gasteiger partial charge on any atom is -0.338 e. The normalized spacial score (nSPS) is 21.9. The topological polar surface area (TPSA) is 50.2 Å². The number of fused-ring (bicyclic) bond motifs is 1. The van der Waals surface area contributed by atoms with Crippen molar-refractivity contribution < 1.29 is 9.18 Å². The second-order valence-electron chi connectivity index (χ2n) is 6.64. The number of likely N-dealkylation sites (tertiary alicyclic amines) is 1. The van der Waals surface area contributed by atoms with Crippen molar-refractivity contribution in [3.63, 3.8) is 0 Å². The molecule has 7 heteroatoms. The van der Waals surface area contributed by atoms with Gasteiger partial charge in [0.15, 0.2) is 0 Å². The van der Waals surface area contributed by atoms with Crippen LogP contribution >= 0.6 is 12.4 Å². The van der Waals surface area contributed by atoms with Crippen molar-refractivity contribution in [1.82, 2.24) is 20.0 Å². The highest BCUT2D eigenvalue weighted by molar-refractivity contribution is 5.95. The SMILES string of the molecule is CCc1c(C(=O)N2C[C@H]3CNC[C@H]3C2)cnn1-c1ccc(F)cc1.Cl. The van der Waals surface area contributed by atoms with Gasteiger partial charge < -0.3 is 10.2 Å². The molecule has 1 aromatic carbocycles. The zero-order valence-electron chi connectivity index (χ0n) is 14.1. The molecule has 2 aliphatic rings. The summed E-state index contributed by atoms with van der Waals surface area (Å²) in [5.74, 6) is 0.935.